The third-order valence-corrected chi connectivity index (χ3v) is 3.13. The number of hydrogen-bond donors (Lipinski definition) is 1. The van der Waals surface area contributed by atoms with Crippen LogP contribution in [-0.2, 0) is 0 Å². The molecule has 1 fully saturated rings. The average molecular weight is 190 g/mol. The Balaban J connectivity index is 2.23. The van der Waals surface area contributed by atoms with Gasteiger partial charge in [-0.3, -0.25) is 0 Å². The molecule has 0 spiro atoms. The minimum absolute atomic E-state index is 0.269. The van der Waals surface area contributed by atoms with Crippen molar-refractivity contribution in [3.63, 3.8) is 0 Å². The molecule has 1 unspecified atom stereocenters. The SMILES string of the molecule is Cc1ccc(C(N)C2(C#N)CCC2)o1. The molecule has 3 nitrogen and oxygen atoms in total. The molecule has 1 aliphatic carbocycles. The fourth-order valence-corrected chi connectivity index (χ4v) is 1.94. The van der Waals surface area contributed by atoms with Gasteiger partial charge in [-0.05, 0) is 31.9 Å². The lowest BCUT2D eigenvalue weighted by atomic mass is 9.65. The molecule has 1 aromatic heterocycles. The molecule has 0 aliphatic heterocycles. The summed E-state index contributed by atoms with van der Waals surface area (Å²) in [7, 11) is 0. The van der Waals surface area contributed by atoms with Gasteiger partial charge in [0.05, 0.1) is 17.5 Å². The second kappa shape index (κ2) is 3.14. The Morgan fingerprint density at radius 3 is 2.64 bits per heavy atom. The lowest BCUT2D eigenvalue weighted by Crippen LogP contribution is -2.39. The summed E-state index contributed by atoms with van der Waals surface area (Å²) in [5.74, 6) is 1.59. The lowest BCUT2D eigenvalue weighted by Gasteiger charge is -2.39. The van der Waals surface area contributed by atoms with Gasteiger partial charge in [0.25, 0.3) is 0 Å². The van der Waals surface area contributed by atoms with Crippen LogP contribution in [0.3, 0.4) is 0 Å². The van der Waals surface area contributed by atoms with Crippen molar-refractivity contribution in [3.05, 3.63) is 23.7 Å². The highest BCUT2D eigenvalue weighted by Gasteiger charge is 2.44. The van der Waals surface area contributed by atoms with E-state index in [9.17, 15) is 0 Å². The summed E-state index contributed by atoms with van der Waals surface area (Å²) in [4.78, 5) is 0. The summed E-state index contributed by atoms with van der Waals surface area (Å²) >= 11 is 0. The molecule has 0 radical (unpaired) electrons. The molecule has 14 heavy (non-hydrogen) atoms. The van der Waals surface area contributed by atoms with Crippen LogP contribution < -0.4 is 5.73 Å². The Hall–Kier alpha value is -1.27. The molecule has 1 atom stereocenters. The zero-order valence-electron chi connectivity index (χ0n) is 8.29. The van der Waals surface area contributed by atoms with Gasteiger partial charge >= 0.3 is 0 Å². The van der Waals surface area contributed by atoms with Crippen molar-refractivity contribution in [3.8, 4) is 6.07 Å². The van der Waals surface area contributed by atoms with Gasteiger partial charge in [0.1, 0.15) is 11.5 Å². The molecule has 2 N–H and O–H groups in total. The van der Waals surface area contributed by atoms with Gasteiger partial charge in [-0.1, -0.05) is 6.42 Å². The second-order valence-corrected chi connectivity index (χ2v) is 4.05. The van der Waals surface area contributed by atoms with Crippen molar-refractivity contribution >= 4 is 0 Å². The zero-order valence-corrected chi connectivity index (χ0v) is 8.29. The quantitative estimate of drug-likeness (QED) is 0.778. The molecule has 2 rings (SSSR count). The first-order valence-corrected chi connectivity index (χ1v) is 4.91. The van der Waals surface area contributed by atoms with Crippen LogP contribution >= 0.6 is 0 Å². The van der Waals surface area contributed by atoms with E-state index in [1.165, 1.54) is 0 Å². The van der Waals surface area contributed by atoms with Gasteiger partial charge in [-0.2, -0.15) is 5.26 Å². The fraction of sp³-hybridized carbons (Fsp3) is 0.545. The number of aryl methyl sites for hydroxylation is 1. The van der Waals surface area contributed by atoms with Crippen molar-refractivity contribution < 1.29 is 4.42 Å². The predicted octanol–water partition coefficient (Wildman–Crippen LogP) is 2.28. The Labute approximate surface area is 83.5 Å². The molecule has 1 heterocycles. The molecule has 1 saturated carbocycles. The molecular formula is C11H14N2O. The van der Waals surface area contributed by atoms with Crippen LogP contribution in [0.2, 0.25) is 0 Å². The molecule has 3 heteroatoms. The fourth-order valence-electron chi connectivity index (χ4n) is 1.94. The first-order valence-electron chi connectivity index (χ1n) is 4.91. The van der Waals surface area contributed by atoms with Crippen LogP contribution in [0.25, 0.3) is 0 Å². The summed E-state index contributed by atoms with van der Waals surface area (Å²) in [6.45, 7) is 1.88. The third kappa shape index (κ3) is 1.23. The van der Waals surface area contributed by atoms with Gasteiger partial charge in [-0.15, -0.1) is 0 Å². The lowest BCUT2D eigenvalue weighted by molar-refractivity contribution is 0.153. The number of nitriles is 1. The largest absolute Gasteiger partial charge is 0.465 e. The number of nitrogens with zero attached hydrogens (tertiary/aromatic N) is 1. The highest BCUT2D eigenvalue weighted by atomic mass is 16.3. The van der Waals surface area contributed by atoms with Gasteiger partial charge in [-0.25, -0.2) is 0 Å². The minimum Gasteiger partial charge on any atom is -0.465 e. The second-order valence-electron chi connectivity index (χ2n) is 4.05. The van der Waals surface area contributed by atoms with E-state index < -0.39 is 0 Å². The average Bonchev–Trinajstić information content (AvgIpc) is 2.50. The summed E-state index contributed by atoms with van der Waals surface area (Å²) in [5, 5.41) is 9.10. The van der Waals surface area contributed by atoms with Crippen LogP contribution in [0.1, 0.15) is 36.8 Å². The molecular weight excluding hydrogens is 176 g/mol. The maximum Gasteiger partial charge on any atom is 0.122 e. The highest BCUT2D eigenvalue weighted by Crippen LogP contribution is 2.48. The first kappa shape index (κ1) is 9.29. The summed E-state index contributed by atoms with van der Waals surface area (Å²) in [5.41, 5.74) is 5.67. The first-order chi connectivity index (χ1) is 6.68. The normalized spacial score (nSPS) is 20.9. The van der Waals surface area contributed by atoms with Crippen LogP contribution in [0.15, 0.2) is 16.5 Å². The van der Waals surface area contributed by atoms with Gasteiger partial charge in [0.2, 0.25) is 0 Å². The highest BCUT2D eigenvalue weighted by molar-refractivity contribution is 5.20. The van der Waals surface area contributed by atoms with Crippen molar-refractivity contribution in [1.29, 1.82) is 5.26 Å². The zero-order chi connectivity index (χ0) is 10.2. The molecule has 1 aromatic rings. The maximum atomic E-state index is 9.10. The smallest absolute Gasteiger partial charge is 0.122 e. The van der Waals surface area contributed by atoms with Gasteiger partial charge < -0.3 is 10.2 Å². The van der Waals surface area contributed by atoms with Gasteiger partial charge in [0.15, 0.2) is 0 Å². The number of rotatable bonds is 2. The van der Waals surface area contributed by atoms with E-state index in [-0.39, 0.29) is 11.5 Å². The number of furan rings is 1. The Bertz CT molecular complexity index is 371. The topological polar surface area (TPSA) is 63.0 Å². The van der Waals surface area contributed by atoms with Crippen LogP contribution in [0.5, 0.6) is 0 Å². The Kier molecular flexibility index (Phi) is 2.09. The molecule has 1 aliphatic rings. The van der Waals surface area contributed by atoms with E-state index in [1.54, 1.807) is 0 Å². The van der Waals surface area contributed by atoms with E-state index >= 15 is 0 Å². The number of hydrogen-bond acceptors (Lipinski definition) is 3. The van der Waals surface area contributed by atoms with Crippen LogP contribution in [0, 0.1) is 23.7 Å². The minimum atomic E-state index is -0.371. The monoisotopic (exact) mass is 190 g/mol. The van der Waals surface area contributed by atoms with Crippen molar-refractivity contribution in [2.75, 3.05) is 0 Å². The summed E-state index contributed by atoms with van der Waals surface area (Å²) in [6.07, 6.45) is 2.88. The van der Waals surface area contributed by atoms with Crippen molar-refractivity contribution in [2.24, 2.45) is 11.1 Å². The number of nitrogens with two attached hydrogens (primary N) is 1. The van der Waals surface area contributed by atoms with Crippen molar-refractivity contribution in [2.45, 2.75) is 32.2 Å². The van der Waals surface area contributed by atoms with E-state index in [0.29, 0.717) is 0 Å². The Morgan fingerprint density at radius 1 is 1.57 bits per heavy atom. The van der Waals surface area contributed by atoms with E-state index in [4.69, 9.17) is 15.4 Å². The standard InChI is InChI=1S/C11H14N2O/c1-8-3-4-9(14-8)10(13)11(7-12)5-2-6-11/h3-4,10H,2,5-6,13H2,1H3. The summed E-state index contributed by atoms with van der Waals surface area (Å²) < 4.78 is 5.45. The van der Waals surface area contributed by atoms with E-state index in [0.717, 1.165) is 30.8 Å². The Morgan fingerprint density at radius 2 is 2.29 bits per heavy atom. The van der Waals surface area contributed by atoms with E-state index in [1.807, 2.05) is 19.1 Å². The molecule has 0 aromatic carbocycles. The molecule has 74 valence electrons. The van der Waals surface area contributed by atoms with Crippen molar-refractivity contribution in [1.82, 2.24) is 0 Å². The predicted molar refractivity (Wildman–Crippen MR) is 52.3 cm³/mol. The summed E-state index contributed by atoms with van der Waals surface area (Å²) in [6, 6.07) is 5.83. The molecule has 0 bridgehead atoms. The van der Waals surface area contributed by atoms with Gasteiger partial charge in [0, 0.05) is 0 Å². The molecule has 0 amide bonds. The van der Waals surface area contributed by atoms with Crippen LogP contribution in [-0.4, -0.2) is 0 Å². The molecule has 0 saturated heterocycles. The maximum absolute atomic E-state index is 9.10. The third-order valence-electron chi connectivity index (χ3n) is 3.13. The van der Waals surface area contributed by atoms with E-state index in [2.05, 4.69) is 6.07 Å². The van der Waals surface area contributed by atoms with Crippen LogP contribution in [0.4, 0.5) is 0 Å².